The number of amides is 2. The monoisotopic (exact) mass is 515 g/mol. The first-order valence-corrected chi connectivity index (χ1v) is 12.0. The van der Waals surface area contributed by atoms with E-state index in [-0.39, 0.29) is 41.9 Å². The minimum absolute atomic E-state index is 0.0451. The van der Waals surface area contributed by atoms with Crippen LogP contribution in [0, 0.1) is 25.5 Å². The van der Waals surface area contributed by atoms with Crippen molar-refractivity contribution in [2.75, 3.05) is 6.54 Å². The van der Waals surface area contributed by atoms with Gasteiger partial charge in [-0.1, -0.05) is 17.7 Å². The molecular weight excluding hydrogens is 492 g/mol. The lowest BCUT2D eigenvalue weighted by molar-refractivity contribution is -0.133. The number of likely N-dealkylation sites (tertiary alicyclic amines) is 1. The summed E-state index contributed by atoms with van der Waals surface area (Å²) in [6.45, 7) is 3.40. The van der Waals surface area contributed by atoms with E-state index in [1.165, 1.54) is 4.90 Å². The van der Waals surface area contributed by atoms with Gasteiger partial charge in [0, 0.05) is 53.2 Å². The number of hydrogen-bond acceptors (Lipinski definition) is 6. The van der Waals surface area contributed by atoms with Crippen molar-refractivity contribution in [1.82, 2.24) is 25.4 Å². The SMILES string of the molecule is Cc1cccc(C2(CC(=O)N[C@@H]3C(=O)N(Cc4nnc(C)o4)C[C@H]3c3c(F)cc(Cl)cc3F)CC2)n1. The van der Waals surface area contributed by atoms with E-state index in [1.54, 1.807) is 6.92 Å². The Morgan fingerprint density at radius 2 is 1.94 bits per heavy atom. The molecule has 5 rings (SSSR count). The first-order valence-electron chi connectivity index (χ1n) is 11.6. The third-order valence-electron chi connectivity index (χ3n) is 6.81. The molecule has 1 saturated carbocycles. The van der Waals surface area contributed by atoms with Gasteiger partial charge in [0.15, 0.2) is 0 Å². The molecule has 2 amide bonds. The van der Waals surface area contributed by atoms with Gasteiger partial charge in [0.25, 0.3) is 0 Å². The predicted octanol–water partition coefficient (Wildman–Crippen LogP) is 3.75. The van der Waals surface area contributed by atoms with Crippen LogP contribution in [0.25, 0.3) is 0 Å². The third kappa shape index (κ3) is 4.69. The number of benzene rings is 1. The van der Waals surface area contributed by atoms with Crippen molar-refractivity contribution in [2.24, 2.45) is 0 Å². The zero-order valence-corrected chi connectivity index (χ0v) is 20.5. The van der Waals surface area contributed by atoms with E-state index in [9.17, 15) is 18.4 Å². The van der Waals surface area contributed by atoms with E-state index in [4.69, 9.17) is 16.0 Å². The number of hydrogen-bond donors (Lipinski definition) is 1. The Labute approximate surface area is 211 Å². The van der Waals surface area contributed by atoms with Crippen LogP contribution in [0.4, 0.5) is 8.78 Å². The van der Waals surface area contributed by atoms with Crippen LogP contribution in [0.15, 0.2) is 34.7 Å². The van der Waals surface area contributed by atoms with Crippen molar-refractivity contribution < 1.29 is 22.8 Å². The fraction of sp³-hybridized carbons (Fsp3) is 0.400. The summed E-state index contributed by atoms with van der Waals surface area (Å²) in [5, 5.41) is 10.3. The van der Waals surface area contributed by atoms with Gasteiger partial charge in [-0.25, -0.2) is 8.78 Å². The van der Waals surface area contributed by atoms with Crippen LogP contribution in [-0.4, -0.2) is 44.5 Å². The largest absolute Gasteiger partial charge is 0.424 e. The van der Waals surface area contributed by atoms with Crippen LogP contribution in [0.5, 0.6) is 0 Å². The van der Waals surface area contributed by atoms with Gasteiger partial charge < -0.3 is 14.6 Å². The molecule has 8 nitrogen and oxygen atoms in total. The topological polar surface area (TPSA) is 101 Å². The molecule has 1 aliphatic heterocycles. The van der Waals surface area contributed by atoms with E-state index in [0.717, 1.165) is 36.4 Å². The summed E-state index contributed by atoms with van der Waals surface area (Å²) in [6, 6.07) is 6.49. The van der Waals surface area contributed by atoms with Crippen molar-refractivity contribution in [3.8, 4) is 0 Å². The summed E-state index contributed by atoms with van der Waals surface area (Å²) in [7, 11) is 0. The number of nitrogens with one attached hydrogen (secondary N) is 1. The van der Waals surface area contributed by atoms with Crippen LogP contribution in [0.1, 0.15) is 53.9 Å². The Balaban J connectivity index is 1.40. The van der Waals surface area contributed by atoms with Gasteiger partial charge >= 0.3 is 0 Å². The normalized spacial score (nSPS) is 20.6. The van der Waals surface area contributed by atoms with Gasteiger partial charge in [0.2, 0.25) is 23.6 Å². The molecule has 188 valence electrons. The highest BCUT2D eigenvalue weighted by atomic mass is 35.5. The van der Waals surface area contributed by atoms with Crippen LogP contribution < -0.4 is 5.32 Å². The molecule has 2 atom stereocenters. The molecule has 3 aromatic rings. The van der Waals surface area contributed by atoms with Crippen LogP contribution in [-0.2, 0) is 21.5 Å². The highest BCUT2D eigenvalue weighted by Crippen LogP contribution is 2.50. The molecule has 3 heterocycles. The molecule has 0 bridgehead atoms. The number of carbonyl (C=O) groups is 2. The van der Waals surface area contributed by atoms with E-state index < -0.39 is 34.9 Å². The standard InChI is InChI=1S/C25H24ClF2N5O3/c1-13-4-3-5-19(29-13)25(6-7-25)10-20(34)30-23-16(22-17(27)8-15(26)9-18(22)28)11-33(24(23)35)12-21-32-31-14(2)36-21/h3-5,8-9,16,23H,6-7,10-12H2,1-2H3,(H,30,34)/t16-,23-/m0/s1. The van der Waals surface area contributed by atoms with Gasteiger partial charge in [0.05, 0.1) is 6.54 Å². The van der Waals surface area contributed by atoms with E-state index in [1.807, 2.05) is 25.1 Å². The molecule has 1 N–H and O–H groups in total. The zero-order valence-electron chi connectivity index (χ0n) is 19.7. The number of pyridine rings is 1. The van der Waals surface area contributed by atoms with Crippen LogP contribution in [0.2, 0.25) is 5.02 Å². The zero-order chi connectivity index (χ0) is 25.6. The Bertz CT molecular complexity index is 1320. The fourth-order valence-corrected chi connectivity index (χ4v) is 5.07. The van der Waals surface area contributed by atoms with Gasteiger partial charge in [-0.3, -0.25) is 14.6 Å². The molecule has 0 unspecified atom stereocenters. The summed E-state index contributed by atoms with van der Waals surface area (Å²) >= 11 is 5.80. The number of aromatic nitrogens is 3. The maximum atomic E-state index is 14.9. The molecule has 11 heteroatoms. The maximum absolute atomic E-state index is 14.9. The maximum Gasteiger partial charge on any atom is 0.246 e. The molecule has 2 aliphatic rings. The molecule has 0 spiro atoms. The number of carbonyl (C=O) groups excluding carboxylic acids is 2. The second-order valence-corrected chi connectivity index (χ2v) is 9.93. The summed E-state index contributed by atoms with van der Waals surface area (Å²) in [4.78, 5) is 32.5. The van der Waals surface area contributed by atoms with Gasteiger partial charge in [-0.05, 0) is 44.0 Å². The Hall–Kier alpha value is -3.40. The lowest BCUT2D eigenvalue weighted by Crippen LogP contribution is -2.44. The first-order chi connectivity index (χ1) is 17.1. The van der Waals surface area contributed by atoms with E-state index >= 15 is 0 Å². The lowest BCUT2D eigenvalue weighted by atomic mass is 9.92. The summed E-state index contributed by atoms with van der Waals surface area (Å²) < 4.78 is 35.1. The smallest absolute Gasteiger partial charge is 0.246 e. The number of rotatable bonds is 7. The molecule has 0 radical (unpaired) electrons. The predicted molar refractivity (Wildman–Crippen MR) is 125 cm³/mol. The quantitative estimate of drug-likeness (QED) is 0.514. The first kappa shape index (κ1) is 24.3. The summed E-state index contributed by atoms with van der Waals surface area (Å²) in [5.74, 6) is -3.10. The van der Waals surface area contributed by atoms with Crippen molar-refractivity contribution in [3.05, 3.63) is 75.7 Å². The molecule has 1 saturated heterocycles. The minimum atomic E-state index is -1.17. The number of aryl methyl sites for hydroxylation is 2. The summed E-state index contributed by atoms with van der Waals surface area (Å²) in [6.07, 6.45) is 1.71. The van der Waals surface area contributed by atoms with E-state index in [2.05, 4.69) is 20.5 Å². The van der Waals surface area contributed by atoms with Gasteiger partial charge in [-0.15, -0.1) is 10.2 Å². The fourth-order valence-electron chi connectivity index (χ4n) is 4.88. The van der Waals surface area contributed by atoms with E-state index in [0.29, 0.717) is 5.89 Å². The van der Waals surface area contributed by atoms with Crippen molar-refractivity contribution >= 4 is 23.4 Å². The molecule has 1 aliphatic carbocycles. The molecule has 1 aromatic carbocycles. The second kappa shape index (κ2) is 9.24. The van der Waals surface area contributed by atoms with Crippen LogP contribution in [0.3, 0.4) is 0 Å². The highest BCUT2D eigenvalue weighted by molar-refractivity contribution is 6.30. The average molecular weight is 516 g/mol. The van der Waals surface area contributed by atoms with Gasteiger partial charge in [-0.2, -0.15) is 0 Å². The molecule has 2 aromatic heterocycles. The molecule has 36 heavy (non-hydrogen) atoms. The molecule has 2 fully saturated rings. The van der Waals surface area contributed by atoms with Gasteiger partial charge in [0.1, 0.15) is 17.7 Å². The number of halogens is 3. The lowest BCUT2D eigenvalue weighted by Gasteiger charge is -2.21. The number of nitrogens with zero attached hydrogens (tertiary/aromatic N) is 4. The third-order valence-corrected chi connectivity index (χ3v) is 7.02. The highest BCUT2D eigenvalue weighted by Gasteiger charge is 2.49. The van der Waals surface area contributed by atoms with Crippen molar-refractivity contribution in [3.63, 3.8) is 0 Å². The minimum Gasteiger partial charge on any atom is -0.424 e. The molecular formula is C25H24ClF2N5O3. The second-order valence-electron chi connectivity index (χ2n) is 9.49. The summed E-state index contributed by atoms with van der Waals surface area (Å²) in [5.41, 5.74) is 0.982. The van der Waals surface area contributed by atoms with Crippen molar-refractivity contribution in [1.29, 1.82) is 0 Å². The Kier molecular flexibility index (Phi) is 6.23. The van der Waals surface area contributed by atoms with Crippen molar-refractivity contribution in [2.45, 2.75) is 57.0 Å². The Morgan fingerprint density at radius 1 is 1.22 bits per heavy atom. The average Bonchev–Trinajstić information content (AvgIpc) is 3.38. The van der Waals surface area contributed by atoms with Crippen LogP contribution >= 0.6 is 11.6 Å². The Morgan fingerprint density at radius 3 is 2.56 bits per heavy atom.